The number of hydrogen-bond donors (Lipinski definition) is 4. The Morgan fingerprint density at radius 3 is 2.46 bits per heavy atom. The molecule has 0 bridgehead atoms. The van der Waals surface area contributed by atoms with E-state index in [2.05, 4.69) is 39.9 Å². The van der Waals surface area contributed by atoms with Crippen LogP contribution >= 0.6 is 0 Å². The van der Waals surface area contributed by atoms with Crippen LogP contribution in [-0.4, -0.2) is 77.9 Å². The standard InChI is InChI=1S/C34H59NO6/c1-20-16-23(29(37)31(5,6)38)40-24(18-36)28(20)32(7)12-13-33-19-34(33)11-10-26(41-27-17-35-14-15-39-27)30(3,4)25(34)9-8-22(33)21(32)2/h20-29,35-38H,8-19H2,1-7H3. The van der Waals surface area contributed by atoms with Crippen LogP contribution in [0, 0.1) is 51.2 Å². The second-order valence-corrected chi connectivity index (χ2v) is 16.7. The van der Waals surface area contributed by atoms with Gasteiger partial charge in [-0.25, -0.2) is 0 Å². The molecular weight excluding hydrogens is 518 g/mol. The van der Waals surface area contributed by atoms with E-state index in [4.69, 9.17) is 14.2 Å². The topological polar surface area (TPSA) is 100 Å². The van der Waals surface area contributed by atoms with Crippen LogP contribution < -0.4 is 5.32 Å². The van der Waals surface area contributed by atoms with Crippen molar-refractivity contribution in [2.45, 2.75) is 136 Å². The Kier molecular flexibility index (Phi) is 7.79. The van der Waals surface area contributed by atoms with Gasteiger partial charge >= 0.3 is 0 Å². The molecule has 2 saturated heterocycles. The van der Waals surface area contributed by atoms with Crippen LogP contribution in [0.5, 0.6) is 0 Å². The van der Waals surface area contributed by atoms with Crippen LogP contribution in [0.15, 0.2) is 0 Å². The van der Waals surface area contributed by atoms with Crippen molar-refractivity contribution in [1.82, 2.24) is 5.32 Å². The molecule has 2 spiro atoms. The summed E-state index contributed by atoms with van der Waals surface area (Å²) in [5, 5.41) is 35.3. The van der Waals surface area contributed by atoms with Gasteiger partial charge < -0.3 is 34.8 Å². The van der Waals surface area contributed by atoms with Crippen molar-refractivity contribution in [3.8, 4) is 0 Å². The summed E-state index contributed by atoms with van der Waals surface area (Å²) in [6.07, 6.45) is 7.93. The van der Waals surface area contributed by atoms with Crippen LogP contribution in [0.3, 0.4) is 0 Å². The lowest BCUT2D eigenvalue weighted by molar-refractivity contribution is -0.239. The van der Waals surface area contributed by atoms with Crippen molar-refractivity contribution in [3.63, 3.8) is 0 Å². The molecule has 4 aliphatic carbocycles. The number of ether oxygens (including phenoxy) is 3. The number of aliphatic hydroxyl groups excluding tert-OH is 2. The quantitative estimate of drug-likeness (QED) is 0.369. The van der Waals surface area contributed by atoms with Crippen molar-refractivity contribution >= 4 is 0 Å². The first kappa shape index (κ1) is 30.7. The van der Waals surface area contributed by atoms with Gasteiger partial charge in [-0.3, -0.25) is 0 Å². The lowest BCUT2D eigenvalue weighted by atomic mass is 9.44. The first-order valence-corrected chi connectivity index (χ1v) is 16.9. The highest BCUT2D eigenvalue weighted by Gasteiger charge is 2.79. The Morgan fingerprint density at radius 1 is 1.05 bits per heavy atom. The van der Waals surface area contributed by atoms with Crippen molar-refractivity contribution in [2.24, 2.45) is 51.2 Å². The Bertz CT molecular complexity index is 961. The van der Waals surface area contributed by atoms with Gasteiger partial charge in [0.2, 0.25) is 0 Å². The van der Waals surface area contributed by atoms with Crippen molar-refractivity contribution in [2.75, 3.05) is 26.3 Å². The summed E-state index contributed by atoms with van der Waals surface area (Å²) in [7, 11) is 0. The van der Waals surface area contributed by atoms with Gasteiger partial charge in [-0.15, -0.1) is 0 Å². The normalized spacial score (nSPS) is 52.1. The van der Waals surface area contributed by atoms with E-state index >= 15 is 0 Å². The third-order valence-electron chi connectivity index (χ3n) is 14.2. The molecule has 7 nitrogen and oxygen atoms in total. The second kappa shape index (κ2) is 10.4. The van der Waals surface area contributed by atoms with Crippen LogP contribution in [0.4, 0.5) is 0 Å². The fourth-order valence-electron chi connectivity index (χ4n) is 12.1. The fraction of sp³-hybridized carbons (Fsp3) is 1.00. The summed E-state index contributed by atoms with van der Waals surface area (Å²) >= 11 is 0. The van der Waals surface area contributed by atoms with Gasteiger partial charge in [0.05, 0.1) is 37.1 Å². The molecule has 0 radical (unpaired) electrons. The Hall–Kier alpha value is -0.280. The molecule has 0 aromatic carbocycles. The van der Waals surface area contributed by atoms with Gasteiger partial charge in [-0.05, 0) is 116 Å². The fourth-order valence-corrected chi connectivity index (χ4v) is 12.1. The molecule has 6 fully saturated rings. The Labute approximate surface area is 248 Å². The number of morpholine rings is 1. The highest BCUT2D eigenvalue weighted by molar-refractivity contribution is 5.28. The van der Waals surface area contributed by atoms with E-state index in [1.807, 2.05) is 0 Å². The number of rotatable bonds is 6. The molecule has 2 aliphatic heterocycles. The van der Waals surface area contributed by atoms with Crippen LogP contribution in [0.25, 0.3) is 0 Å². The third-order valence-corrected chi connectivity index (χ3v) is 14.2. The lowest BCUT2D eigenvalue weighted by Crippen LogP contribution is -2.60. The zero-order valence-corrected chi connectivity index (χ0v) is 26.8. The smallest absolute Gasteiger partial charge is 0.170 e. The third kappa shape index (κ3) is 4.61. The summed E-state index contributed by atoms with van der Waals surface area (Å²) in [5.74, 6) is 2.50. The molecule has 4 N–H and O–H groups in total. The molecule has 6 rings (SSSR count). The maximum absolute atomic E-state index is 10.8. The van der Waals surface area contributed by atoms with Crippen LogP contribution in [-0.2, 0) is 14.2 Å². The molecule has 41 heavy (non-hydrogen) atoms. The SMILES string of the molecule is CC1CC(C(O)C(C)(C)O)OC(CO)C1C1(C)CCC23CC24CCC(OC2CNCCO2)C(C)(C)C4CCC3C1C. The molecule has 13 atom stereocenters. The predicted octanol–water partition coefficient (Wildman–Crippen LogP) is 4.51. The predicted molar refractivity (Wildman–Crippen MR) is 158 cm³/mol. The van der Waals surface area contributed by atoms with E-state index in [0.717, 1.165) is 26.1 Å². The monoisotopic (exact) mass is 577 g/mol. The maximum Gasteiger partial charge on any atom is 0.170 e. The van der Waals surface area contributed by atoms with Gasteiger partial charge in [0.25, 0.3) is 0 Å². The van der Waals surface area contributed by atoms with E-state index in [1.165, 1.54) is 38.5 Å². The van der Waals surface area contributed by atoms with E-state index in [1.54, 1.807) is 13.8 Å². The minimum absolute atomic E-state index is 0.0377. The van der Waals surface area contributed by atoms with Crippen molar-refractivity contribution in [3.05, 3.63) is 0 Å². The van der Waals surface area contributed by atoms with Gasteiger partial charge in [-0.2, -0.15) is 0 Å². The summed E-state index contributed by atoms with van der Waals surface area (Å²) < 4.78 is 19.0. The number of nitrogens with one attached hydrogen (secondary N) is 1. The van der Waals surface area contributed by atoms with Gasteiger partial charge in [0.15, 0.2) is 6.29 Å². The molecule has 0 aromatic heterocycles. The average molecular weight is 578 g/mol. The maximum atomic E-state index is 10.8. The first-order valence-electron chi connectivity index (χ1n) is 16.9. The average Bonchev–Trinajstić information content (AvgIpc) is 3.60. The summed E-state index contributed by atoms with van der Waals surface area (Å²) in [6.45, 7) is 17.9. The molecule has 0 aromatic rings. The Balaban J connectivity index is 1.19. The van der Waals surface area contributed by atoms with E-state index in [0.29, 0.717) is 40.9 Å². The molecule has 0 amide bonds. The van der Waals surface area contributed by atoms with E-state index in [-0.39, 0.29) is 41.9 Å². The first-order chi connectivity index (χ1) is 19.2. The van der Waals surface area contributed by atoms with Crippen molar-refractivity contribution < 1.29 is 29.5 Å². The molecular formula is C34H59NO6. The number of aliphatic hydroxyl groups is 3. The summed E-state index contributed by atoms with van der Waals surface area (Å²) in [4.78, 5) is 0. The van der Waals surface area contributed by atoms with Crippen LogP contribution in [0.1, 0.15) is 99.8 Å². The summed E-state index contributed by atoms with van der Waals surface area (Å²) in [5.41, 5.74) is -0.115. The van der Waals surface area contributed by atoms with Gasteiger partial charge in [0.1, 0.15) is 6.10 Å². The highest BCUT2D eigenvalue weighted by Crippen LogP contribution is 2.86. The summed E-state index contributed by atoms with van der Waals surface area (Å²) in [6, 6.07) is 0. The minimum atomic E-state index is -1.23. The van der Waals surface area contributed by atoms with E-state index < -0.39 is 17.8 Å². The Morgan fingerprint density at radius 2 is 1.80 bits per heavy atom. The lowest BCUT2D eigenvalue weighted by Gasteiger charge is -2.62. The van der Waals surface area contributed by atoms with Gasteiger partial charge in [-0.1, -0.05) is 34.6 Å². The highest BCUT2D eigenvalue weighted by atomic mass is 16.7. The molecule has 13 unspecified atom stereocenters. The van der Waals surface area contributed by atoms with Crippen molar-refractivity contribution in [1.29, 1.82) is 0 Å². The minimum Gasteiger partial charge on any atom is -0.394 e. The second-order valence-electron chi connectivity index (χ2n) is 16.7. The molecule has 2 heterocycles. The number of hydrogen-bond acceptors (Lipinski definition) is 7. The zero-order chi connectivity index (χ0) is 29.6. The molecule has 6 aliphatic rings. The molecule has 4 saturated carbocycles. The zero-order valence-electron chi connectivity index (χ0n) is 26.8. The molecule has 236 valence electrons. The van der Waals surface area contributed by atoms with Crippen LogP contribution in [0.2, 0.25) is 0 Å². The molecule has 7 heteroatoms. The van der Waals surface area contributed by atoms with Gasteiger partial charge in [0, 0.05) is 13.1 Å². The van der Waals surface area contributed by atoms with E-state index in [9.17, 15) is 15.3 Å². The largest absolute Gasteiger partial charge is 0.394 e.